The first-order chi connectivity index (χ1) is 38.3. The number of hydrogen-bond acceptors (Lipinski definition) is 21. The van der Waals surface area contributed by atoms with Gasteiger partial charge in [0.05, 0.1) is 44.4 Å². The second-order valence-corrected chi connectivity index (χ2v) is 20.8. The molecule has 4 fully saturated rings. The number of halogens is 1. The minimum Gasteiger partial charge on any atom is -0.396 e. The monoisotopic (exact) mass is 1090 g/mol. The molecule has 2 aromatic carbocycles. The topological polar surface area (TPSA) is 240 Å². The average molecular weight is 1090 g/mol. The first kappa shape index (κ1) is 54.5. The standard InChI is InChI=1S/C28H33N9O2.C18H18ClN7.C9H15N3O2/c1-28(2)38-19-24(39-28)18-37-17-23(16-33-37)13-25-31-20-32-27(34-25)36-10-8-35(9-11-36)26-29-14-22(15-30-26)12-21-6-4-3-5-7-21;19-16-22-13-23-18(24-16)26-8-6-25(7-9-26)17-20-11-15(12-21-17)10-14-4-2-1-3-5-14;1-9(2)13-6-8(14-9)5-12-4-7(10)3-11-12/h3-7,14-17,20,24H,8-13,18-19H2,1-2H3;1-5,11-13H,6-10H2;3-4,8H,5-6,10H2,1-2H3. The van der Waals surface area contributed by atoms with Crippen LogP contribution in [-0.4, -0.2) is 159 Å². The lowest BCUT2D eigenvalue weighted by atomic mass is 10.1. The summed E-state index contributed by atoms with van der Waals surface area (Å²) in [6.07, 6.45) is 20.3. The van der Waals surface area contributed by atoms with Crippen LogP contribution in [0.25, 0.3) is 0 Å². The molecular weight excluding hydrogens is 1030 g/mol. The minimum absolute atomic E-state index is 0.00665. The van der Waals surface area contributed by atoms with Crippen molar-refractivity contribution in [3.05, 3.63) is 162 Å². The third-order valence-electron chi connectivity index (χ3n) is 13.3. The Kier molecular flexibility index (Phi) is 17.5. The Hall–Kier alpha value is -7.83. The lowest BCUT2D eigenvalue weighted by Crippen LogP contribution is -2.47. The summed E-state index contributed by atoms with van der Waals surface area (Å²) in [7, 11) is 0. The van der Waals surface area contributed by atoms with Crippen LogP contribution >= 0.6 is 11.6 Å². The third kappa shape index (κ3) is 15.7. The molecule has 4 aliphatic rings. The first-order valence-corrected chi connectivity index (χ1v) is 26.8. The predicted molar refractivity (Wildman–Crippen MR) is 298 cm³/mol. The first-order valence-electron chi connectivity index (χ1n) is 26.5. The summed E-state index contributed by atoms with van der Waals surface area (Å²) in [5.41, 5.74) is 12.0. The number of hydrogen-bond donors (Lipinski definition) is 1. The van der Waals surface area contributed by atoms with Gasteiger partial charge >= 0.3 is 0 Å². The summed E-state index contributed by atoms with van der Waals surface area (Å²) < 4.78 is 26.3. The van der Waals surface area contributed by atoms with Crippen LogP contribution < -0.4 is 25.3 Å². The molecule has 0 radical (unpaired) electrons. The maximum Gasteiger partial charge on any atom is 0.229 e. The zero-order valence-corrected chi connectivity index (χ0v) is 45.7. The number of anilines is 5. The maximum atomic E-state index is 5.89. The van der Waals surface area contributed by atoms with Crippen LogP contribution in [0.4, 0.5) is 29.5 Å². The molecule has 23 nitrogen and oxygen atoms in total. The van der Waals surface area contributed by atoms with Gasteiger partial charge in [0.1, 0.15) is 30.7 Å². The Labute approximate surface area is 464 Å². The molecule has 4 aliphatic heterocycles. The van der Waals surface area contributed by atoms with Gasteiger partial charge in [-0.3, -0.25) is 9.36 Å². The zero-order chi connectivity index (χ0) is 54.6. The molecular formula is C55H66ClN19O4. The van der Waals surface area contributed by atoms with Crippen molar-refractivity contribution in [3.8, 4) is 0 Å². The van der Waals surface area contributed by atoms with Crippen LogP contribution in [0.3, 0.4) is 0 Å². The molecule has 24 heteroatoms. The van der Waals surface area contributed by atoms with Gasteiger partial charge in [-0.2, -0.15) is 20.2 Å². The number of benzene rings is 2. The van der Waals surface area contributed by atoms with Gasteiger partial charge in [-0.1, -0.05) is 60.7 Å². The average Bonchev–Trinajstić information content (AvgIpc) is 4.27. The van der Waals surface area contributed by atoms with Crippen LogP contribution in [0.5, 0.6) is 0 Å². The predicted octanol–water partition coefficient (Wildman–Crippen LogP) is 5.37. The van der Waals surface area contributed by atoms with Gasteiger partial charge in [0.25, 0.3) is 0 Å². The highest BCUT2D eigenvalue weighted by Gasteiger charge is 2.34. The highest BCUT2D eigenvalue weighted by atomic mass is 35.5. The second-order valence-electron chi connectivity index (χ2n) is 20.5. The fraction of sp³-hybridized carbons (Fsp3) is 0.418. The third-order valence-corrected chi connectivity index (χ3v) is 13.5. The summed E-state index contributed by atoms with van der Waals surface area (Å²) in [5, 5.41) is 8.78. The van der Waals surface area contributed by atoms with E-state index in [1.54, 1.807) is 23.4 Å². The number of rotatable bonds is 14. The quantitative estimate of drug-likeness (QED) is 0.144. The Morgan fingerprint density at radius 1 is 0.481 bits per heavy atom. The summed E-state index contributed by atoms with van der Waals surface area (Å²) in [6.45, 7) is 16.5. The largest absolute Gasteiger partial charge is 0.396 e. The molecule has 0 bridgehead atoms. The van der Waals surface area contributed by atoms with Crippen molar-refractivity contribution in [2.75, 3.05) is 90.9 Å². The highest BCUT2D eigenvalue weighted by molar-refractivity contribution is 6.28. The molecule has 2 N–H and O–H groups in total. The van der Waals surface area contributed by atoms with Crippen molar-refractivity contribution >= 4 is 41.1 Å². The van der Waals surface area contributed by atoms with Gasteiger partial charge in [0, 0.05) is 109 Å². The van der Waals surface area contributed by atoms with E-state index in [0.29, 0.717) is 50.3 Å². The fourth-order valence-electron chi connectivity index (χ4n) is 9.44. The van der Waals surface area contributed by atoms with Crippen LogP contribution in [-0.2, 0) is 51.3 Å². The number of nitrogens with zero attached hydrogens (tertiary/aromatic N) is 18. The number of ether oxygens (including phenoxy) is 4. The second kappa shape index (κ2) is 25.3. The van der Waals surface area contributed by atoms with E-state index < -0.39 is 11.6 Å². The normalized spacial score (nSPS) is 18.6. The molecule has 12 rings (SSSR count). The number of piperazine rings is 2. The molecule has 0 spiro atoms. The van der Waals surface area contributed by atoms with Gasteiger partial charge in [-0.05, 0) is 67.1 Å². The number of aromatic nitrogens is 14. The molecule has 79 heavy (non-hydrogen) atoms. The van der Waals surface area contributed by atoms with Crippen LogP contribution in [0, 0.1) is 0 Å². The van der Waals surface area contributed by atoms with Gasteiger partial charge in [-0.15, -0.1) is 0 Å². The zero-order valence-electron chi connectivity index (χ0n) is 44.9. The van der Waals surface area contributed by atoms with Crippen molar-refractivity contribution in [2.45, 2.75) is 83.8 Å². The van der Waals surface area contributed by atoms with Gasteiger partial charge in [0.2, 0.25) is 29.1 Å². The van der Waals surface area contributed by atoms with Crippen molar-refractivity contribution in [2.24, 2.45) is 0 Å². The van der Waals surface area contributed by atoms with Crippen molar-refractivity contribution < 1.29 is 18.9 Å². The van der Waals surface area contributed by atoms with Crippen LogP contribution in [0.15, 0.2) is 123 Å². The molecule has 412 valence electrons. The van der Waals surface area contributed by atoms with E-state index in [1.807, 2.05) is 93.8 Å². The van der Waals surface area contributed by atoms with Crippen LogP contribution in [0.1, 0.15) is 61.3 Å². The van der Waals surface area contributed by atoms with Crippen molar-refractivity contribution in [3.63, 3.8) is 0 Å². The van der Waals surface area contributed by atoms with E-state index >= 15 is 0 Å². The Balaban J connectivity index is 0.000000150. The smallest absolute Gasteiger partial charge is 0.229 e. The van der Waals surface area contributed by atoms with Gasteiger partial charge in [0.15, 0.2) is 11.6 Å². The highest BCUT2D eigenvalue weighted by Crippen LogP contribution is 2.25. The molecule has 8 aromatic rings. The van der Waals surface area contributed by atoms with E-state index in [9.17, 15) is 0 Å². The molecule has 2 atom stereocenters. The van der Waals surface area contributed by atoms with E-state index in [1.165, 1.54) is 17.5 Å². The lowest BCUT2D eigenvalue weighted by Gasteiger charge is -2.34. The van der Waals surface area contributed by atoms with Crippen LogP contribution in [0.2, 0.25) is 5.28 Å². The summed E-state index contributed by atoms with van der Waals surface area (Å²) in [6, 6.07) is 20.7. The molecule has 6 aromatic heterocycles. The fourth-order valence-corrected chi connectivity index (χ4v) is 9.56. The number of nitrogens with two attached hydrogens (primary N) is 1. The Bertz CT molecular complexity index is 3160. The summed E-state index contributed by atoms with van der Waals surface area (Å²) >= 11 is 5.84. The molecule has 0 amide bonds. The summed E-state index contributed by atoms with van der Waals surface area (Å²) in [4.78, 5) is 52.8. The lowest BCUT2D eigenvalue weighted by molar-refractivity contribution is -0.140. The van der Waals surface area contributed by atoms with E-state index in [-0.39, 0.29) is 17.5 Å². The van der Waals surface area contributed by atoms with E-state index in [0.717, 1.165) is 99.6 Å². The van der Waals surface area contributed by atoms with Crippen molar-refractivity contribution in [1.29, 1.82) is 0 Å². The SMILES string of the molecule is CC1(C)OCC(Cn2cc(Cc3ncnc(N4CCN(c5ncc(Cc6ccccc6)cn5)CC4)n3)cn2)O1.CC1(C)OCC(Cn2cc(N)cn2)O1.Clc1ncnc(N2CCN(c3ncc(Cc4ccccc4)cn3)CC2)n1. The van der Waals surface area contributed by atoms with E-state index in [4.69, 9.17) is 41.3 Å². The molecule has 2 unspecified atom stereocenters. The molecule has 4 saturated heterocycles. The Morgan fingerprint density at radius 3 is 1.37 bits per heavy atom. The Morgan fingerprint density at radius 2 is 0.924 bits per heavy atom. The molecule has 0 saturated carbocycles. The molecule has 10 heterocycles. The van der Waals surface area contributed by atoms with E-state index in [2.05, 4.69) is 111 Å². The molecule has 0 aliphatic carbocycles. The summed E-state index contributed by atoms with van der Waals surface area (Å²) in [5.74, 6) is 2.55. The maximum absolute atomic E-state index is 5.89. The van der Waals surface area contributed by atoms with Gasteiger partial charge < -0.3 is 44.3 Å². The number of nitrogen functional groups attached to an aromatic ring is 1. The van der Waals surface area contributed by atoms with Crippen molar-refractivity contribution in [1.82, 2.24) is 69.4 Å². The minimum atomic E-state index is -0.534. The van der Waals surface area contributed by atoms with Gasteiger partial charge in [-0.25, -0.2) is 39.9 Å².